The Bertz CT molecular complexity index is 1140. The van der Waals surface area contributed by atoms with Crippen LogP contribution in [0.4, 0.5) is 0 Å². The molecule has 0 spiro atoms. The first-order valence-electron chi connectivity index (χ1n) is 12.3. The number of carbonyl (C=O) groups excluding carboxylic acids is 1. The number of para-hydroxylation sites is 1. The van der Waals surface area contributed by atoms with E-state index in [1.54, 1.807) is 11.6 Å². The van der Waals surface area contributed by atoms with E-state index < -0.39 is 5.91 Å². The van der Waals surface area contributed by atoms with Crippen molar-refractivity contribution in [3.8, 4) is 0 Å². The number of carbonyl (C=O) groups is 1. The number of aromatic amines is 1. The first kappa shape index (κ1) is 21.9. The molecule has 1 heterocycles. The van der Waals surface area contributed by atoms with E-state index in [1.807, 2.05) is 0 Å². The molecule has 3 N–H and O–H groups in total. The zero-order chi connectivity index (χ0) is 22.6. The molecule has 2 aliphatic rings. The zero-order valence-electron chi connectivity index (χ0n) is 19.1. The van der Waals surface area contributed by atoms with Crippen molar-refractivity contribution in [2.24, 2.45) is 0 Å². The van der Waals surface area contributed by atoms with Crippen LogP contribution in [-0.4, -0.2) is 33.6 Å². The third-order valence-electron chi connectivity index (χ3n) is 7.51. The topological polar surface area (TPSA) is 68.4 Å². The Balaban J connectivity index is 1.37. The number of fused-ring (bicyclic) bond motifs is 2. The summed E-state index contributed by atoms with van der Waals surface area (Å²) in [6.45, 7) is 1.08. The number of amides is 1. The van der Waals surface area contributed by atoms with Gasteiger partial charge in [-0.05, 0) is 66.5 Å². The number of hydrogen-bond acceptors (Lipinski definition) is 3. The molecule has 0 radical (unpaired) electrons. The number of benzene rings is 2. The number of nitrogens with zero attached hydrogens (tertiary/aromatic N) is 1. The predicted molar refractivity (Wildman–Crippen MR) is 132 cm³/mol. The van der Waals surface area contributed by atoms with Gasteiger partial charge in [-0.15, -0.1) is 0 Å². The molecule has 1 atom stereocenters. The Morgan fingerprint density at radius 1 is 1.12 bits per heavy atom. The summed E-state index contributed by atoms with van der Waals surface area (Å²) in [7, 11) is 0. The summed E-state index contributed by atoms with van der Waals surface area (Å²) in [4.78, 5) is 17.6. The number of hydrogen-bond donors (Lipinski definition) is 3. The standard InChI is InChI=1S/C28H33N3O2/c32-28(30-33)15-11-20-10-13-25-21(18-20)12-14-27(25)31(23-6-2-1-3-7-23)17-16-22-19-29-26-9-5-4-8-24(22)26/h4-5,8-11,13,15,18-19,23,27,29,33H,1-3,6-7,12,14,16-17H2,(H,30,32)/b15-11+. The number of hydroxylamine groups is 1. The van der Waals surface area contributed by atoms with Gasteiger partial charge in [0.1, 0.15) is 0 Å². The van der Waals surface area contributed by atoms with E-state index in [1.165, 1.54) is 65.8 Å². The van der Waals surface area contributed by atoms with E-state index >= 15 is 0 Å². The highest BCUT2D eigenvalue weighted by atomic mass is 16.5. The molecule has 2 aromatic carbocycles. The number of aryl methyl sites for hydroxylation is 1. The Hall–Kier alpha value is -2.89. The van der Waals surface area contributed by atoms with Gasteiger partial charge in [0.2, 0.25) is 0 Å². The van der Waals surface area contributed by atoms with Gasteiger partial charge in [0.05, 0.1) is 0 Å². The number of nitrogens with one attached hydrogen (secondary N) is 2. The predicted octanol–water partition coefficient (Wildman–Crippen LogP) is 5.55. The summed E-state index contributed by atoms with van der Waals surface area (Å²) in [5.74, 6) is -0.505. The molecule has 2 aliphatic carbocycles. The van der Waals surface area contributed by atoms with Gasteiger partial charge in [0, 0.05) is 41.8 Å². The van der Waals surface area contributed by atoms with Gasteiger partial charge >= 0.3 is 0 Å². The van der Waals surface area contributed by atoms with E-state index in [9.17, 15) is 4.79 Å². The highest BCUT2D eigenvalue weighted by Crippen LogP contribution is 2.40. The van der Waals surface area contributed by atoms with Gasteiger partial charge in [-0.2, -0.15) is 0 Å². The van der Waals surface area contributed by atoms with Crippen LogP contribution >= 0.6 is 0 Å². The van der Waals surface area contributed by atoms with E-state index in [0.29, 0.717) is 12.1 Å². The molecule has 3 aromatic rings. The molecule has 0 saturated heterocycles. The van der Waals surface area contributed by atoms with Crippen LogP contribution in [0, 0.1) is 0 Å². The lowest BCUT2D eigenvalue weighted by atomic mass is 9.91. The van der Waals surface area contributed by atoms with Crippen LogP contribution in [-0.2, 0) is 17.6 Å². The second kappa shape index (κ2) is 9.94. The molecule has 1 unspecified atom stereocenters. The lowest BCUT2D eigenvalue weighted by molar-refractivity contribution is -0.124. The third-order valence-corrected chi connectivity index (χ3v) is 7.51. The Morgan fingerprint density at radius 2 is 1.97 bits per heavy atom. The minimum atomic E-state index is -0.505. The second-order valence-electron chi connectivity index (χ2n) is 9.46. The largest absolute Gasteiger partial charge is 0.361 e. The maximum atomic E-state index is 11.3. The fourth-order valence-electron chi connectivity index (χ4n) is 5.87. The van der Waals surface area contributed by atoms with Crippen molar-refractivity contribution in [3.05, 3.63) is 77.0 Å². The highest BCUT2D eigenvalue weighted by molar-refractivity contribution is 5.90. The molecule has 5 heteroatoms. The Kier molecular flexibility index (Phi) is 6.60. The van der Waals surface area contributed by atoms with Gasteiger partial charge in [0.25, 0.3) is 5.91 Å². The minimum Gasteiger partial charge on any atom is -0.361 e. The first-order chi connectivity index (χ1) is 16.2. The Morgan fingerprint density at radius 3 is 2.82 bits per heavy atom. The monoisotopic (exact) mass is 443 g/mol. The molecule has 172 valence electrons. The van der Waals surface area contributed by atoms with Crippen LogP contribution in [0.25, 0.3) is 17.0 Å². The van der Waals surface area contributed by atoms with E-state index in [0.717, 1.165) is 31.4 Å². The van der Waals surface area contributed by atoms with Gasteiger partial charge in [-0.25, -0.2) is 5.48 Å². The summed E-state index contributed by atoms with van der Waals surface area (Å²) >= 11 is 0. The molecule has 5 nitrogen and oxygen atoms in total. The van der Waals surface area contributed by atoms with E-state index in [-0.39, 0.29) is 0 Å². The maximum Gasteiger partial charge on any atom is 0.267 e. The van der Waals surface area contributed by atoms with Crippen LogP contribution in [0.15, 0.2) is 54.7 Å². The van der Waals surface area contributed by atoms with Crippen molar-refractivity contribution in [3.63, 3.8) is 0 Å². The SMILES string of the molecule is O=C(/C=C/c1ccc2c(c1)CCC2N(CCc1c[nH]c2ccccc12)C1CCCCC1)NO. The van der Waals surface area contributed by atoms with Crippen LogP contribution in [0.3, 0.4) is 0 Å². The summed E-state index contributed by atoms with van der Waals surface area (Å²) in [6.07, 6.45) is 15.2. The quantitative estimate of drug-likeness (QED) is 0.255. The fraction of sp³-hybridized carbons (Fsp3) is 0.393. The van der Waals surface area contributed by atoms with Crippen molar-refractivity contribution < 1.29 is 10.0 Å². The van der Waals surface area contributed by atoms with Crippen LogP contribution < -0.4 is 5.48 Å². The van der Waals surface area contributed by atoms with E-state index in [2.05, 4.69) is 58.5 Å². The maximum absolute atomic E-state index is 11.3. The minimum absolute atomic E-state index is 0.465. The second-order valence-corrected chi connectivity index (χ2v) is 9.46. The molecule has 0 bridgehead atoms. The number of H-pyrrole nitrogens is 1. The molecular weight excluding hydrogens is 410 g/mol. The smallest absolute Gasteiger partial charge is 0.267 e. The van der Waals surface area contributed by atoms with E-state index in [4.69, 9.17) is 5.21 Å². The molecule has 1 aromatic heterocycles. The average Bonchev–Trinajstić information content (AvgIpc) is 3.47. The molecule has 5 rings (SSSR count). The van der Waals surface area contributed by atoms with Crippen molar-refractivity contribution in [1.29, 1.82) is 0 Å². The summed E-state index contributed by atoms with van der Waals surface area (Å²) < 4.78 is 0. The van der Waals surface area contributed by atoms with Crippen molar-refractivity contribution in [1.82, 2.24) is 15.4 Å². The Labute approximate surface area is 195 Å². The summed E-state index contributed by atoms with van der Waals surface area (Å²) in [6, 6.07) is 16.3. The molecule has 1 amide bonds. The van der Waals surface area contributed by atoms with Crippen molar-refractivity contribution in [2.75, 3.05) is 6.54 Å². The fourth-order valence-corrected chi connectivity index (χ4v) is 5.87. The average molecular weight is 444 g/mol. The van der Waals surface area contributed by atoms with Crippen LogP contribution in [0.1, 0.15) is 66.8 Å². The molecule has 33 heavy (non-hydrogen) atoms. The summed E-state index contributed by atoms with van der Waals surface area (Å²) in [5.41, 5.74) is 8.11. The van der Waals surface area contributed by atoms with Gasteiger partial charge in [0.15, 0.2) is 0 Å². The lowest BCUT2D eigenvalue weighted by Gasteiger charge is -2.39. The molecule has 0 aliphatic heterocycles. The van der Waals surface area contributed by atoms with Crippen LogP contribution in [0.5, 0.6) is 0 Å². The number of rotatable bonds is 7. The lowest BCUT2D eigenvalue weighted by Crippen LogP contribution is -2.40. The number of aromatic nitrogens is 1. The van der Waals surface area contributed by atoms with Crippen LogP contribution in [0.2, 0.25) is 0 Å². The first-order valence-corrected chi connectivity index (χ1v) is 12.3. The zero-order valence-corrected chi connectivity index (χ0v) is 19.1. The van der Waals surface area contributed by atoms with Gasteiger partial charge in [-0.3, -0.25) is 14.9 Å². The van der Waals surface area contributed by atoms with Crippen molar-refractivity contribution in [2.45, 2.75) is 63.5 Å². The van der Waals surface area contributed by atoms with Crippen molar-refractivity contribution >= 4 is 22.9 Å². The summed E-state index contributed by atoms with van der Waals surface area (Å²) in [5, 5.41) is 10.1. The molecule has 1 fully saturated rings. The molecule has 1 saturated carbocycles. The molecular formula is C28H33N3O2. The van der Waals surface area contributed by atoms with Gasteiger partial charge < -0.3 is 4.98 Å². The highest BCUT2D eigenvalue weighted by Gasteiger charge is 2.33. The third kappa shape index (κ3) is 4.75. The normalized spacial score (nSPS) is 18.9. The van der Waals surface area contributed by atoms with Gasteiger partial charge in [-0.1, -0.05) is 55.7 Å².